The molecule has 1 N–H and O–H groups in total. The highest BCUT2D eigenvalue weighted by Crippen LogP contribution is 2.28. The van der Waals surface area contributed by atoms with E-state index in [2.05, 4.69) is 20.4 Å². The zero-order chi connectivity index (χ0) is 23.9. The first-order chi connectivity index (χ1) is 16.5. The number of carbonyl (C=O) groups is 2. The van der Waals surface area contributed by atoms with Gasteiger partial charge in [0.05, 0.1) is 24.7 Å². The molecule has 0 saturated carbocycles. The predicted octanol–water partition coefficient (Wildman–Crippen LogP) is 3.29. The summed E-state index contributed by atoms with van der Waals surface area (Å²) in [5, 5.41) is 12.1. The van der Waals surface area contributed by atoms with Crippen molar-refractivity contribution in [2.24, 2.45) is 0 Å². The number of hydrogen-bond acceptors (Lipinski definition) is 9. The zero-order valence-electron chi connectivity index (χ0n) is 19.1. The fraction of sp³-hybridized carbons (Fsp3) is 0.391. The molecule has 0 atom stereocenters. The van der Waals surface area contributed by atoms with Gasteiger partial charge in [-0.1, -0.05) is 23.1 Å². The van der Waals surface area contributed by atoms with Crippen molar-refractivity contribution in [1.29, 1.82) is 0 Å². The Balaban J connectivity index is 1.22. The lowest BCUT2D eigenvalue weighted by atomic mass is 10.1. The number of hydrogen-bond donors (Lipinski definition) is 1. The number of thioether (sulfide) groups is 1. The number of benzene rings is 1. The van der Waals surface area contributed by atoms with Crippen LogP contribution in [0.4, 0.5) is 5.13 Å². The number of furan rings is 1. The van der Waals surface area contributed by atoms with E-state index in [0.717, 1.165) is 15.2 Å². The largest absolute Gasteiger partial charge is 0.491 e. The summed E-state index contributed by atoms with van der Waals surface area (Å²) >= 11 is 2.82. The maximum Gasteiger partial charge on any atom is 0.253 e. The van der Waals surface area contributed by atoms with Crippen molar-refractivity contribution in [3.8, 4) is 5.75 Å². The molecule has 34 heavy (non-hydrogen) atoms. The van der Waals surface area contributed by atoms with E-state index >= 15 is 0 Å². The summed E-state index contributed by atoms with van der Waals surface area (Å²) in [6.45, 7) is 6.90. The van der Waals surface area contributed by atoms with E-state index in [0.29, 0.717) is 44.0 Å². The second-order valence-electron chi connectivity index (χ2n) is 7.97. The number of ether oxygens (including phenoxy) is 1. The Morgan fingerprint density at radius 2 is 1.91 bits per heavy atom. The van der Waals surface area contributed by atoms with Gasteiger partial charge in [0, 0.05) is 31.7 Å². The average molecular weight is 502 g/mol. The van der Waals surface area contributed by atoms with Crippen LogP contribution in [0.3, 0.4) is 0 Å². The van der Waals surface area contributed by atoms with E-state index in [-0.39, 0.29) is 23.7 Å². The number of aromatic nitrogens is 2. The molecule has 1 fully saturated rings. The van der Waals surface area contributed by atoms with Crippen LogP contribution in [0.25, 0.3) is 0 Å². The molecule has 3 aromatic rings. The standard InChI is InChI=1S/C23H27N5O4S2/c1-16(2)32-18-7-5-17(6-8-18)21(30)27-9-11-28(12-10-27)22-25-26-23(34-22)33-15-20(29)24-14-19-4-3-13-31-19/h3-8,13,16H,9-12,14-15H2,1-2H3,(H,24,29). The van der Waals surface area contributed by atoms with Gasteiger partial charge < -0.3 is 24.3 Å². The maximum atomic E-state index is 12.9. The fourth-order valence-electron chi connectivity index (χ4n) is 3.40. The lowest BCUT2D eigenvalue weighted by Crippen LogP contribution is -2.48. The average Bonchev–Trinajstić information content (AvgIpc) is 3.54. The van der Waals surface area contributed by atoms with Gasteiger partial charge in [-0.3, -0.25) is 9.59 Å². The quantitative estimate of drug-likeness (QED) is 0.446. The Kier molecular flexibility index (Phi) is 8.07. The monoisotopic (exact) mass is 501 g/mol. The lowest BCUT2D eigenvalue weighted by Gasteiger charge is -2.34. The number of piperazine rings is 1. The lowest BCUT2D eigenvalue weighted by molar-refractivity contribution is -0.118. The molecule has 4 rings (SSSR count). The molecule has 0 radical (unpaired) electrons. The van der Waals surface area contributed by atoms with Crippen LogP contribution < -0.4 is 15.0 Å². The summed E-state index contributed by atoms with van der Waals surface area (Å²) < 4.78 is 11.6. The van der Waals surface area contributed by atoms with Crippen molar-refractivity contribution in [3.05, 3.63) is 54.0 Å². The third kappa shape index (κ3) is 6.51. The highest BCUT2D eigenvalue weighted by atomic mass is 32.2. The first-order valence-corrected chi connectivity index (χ1v) is 12.8. The normalized spacial score (nSPS) is 13.9. The molecular formula is C23H27N5O4S2. The SMILES string of the molecule is CC(C)Oc1ccc(C(=O)N2CCN(c3nnc(SCC(=O)NCc4ccco4)s3)CC2)cc1. The summed E-state index contributed by atoms with van der Waals surface area (Å²) in [4.78, 5) is 28.9. The molecule has 1 saturated heterocycles. The molecular weight excluding hydrogens is 474 g/mol. The Morgan fingerprint density at radius 3 is 2.59 bits per heavy atom. The Morgan fingerprint density at radius 1 is 1.15 bits per heavy atom. The second-order valence-corrected chi connectivity index (χ2v) is 10.1. The van der Waals surface area contributed by atoms with Crippen LogP contribution in [0.1, 0.15) is 30.0 Å². The number of anilines is 1. The van der Waals surface area contributed by atoms with Gasteiger partial charge in [0.1, 0.15) is 11.5 Å². The first-order valence-electron chi connectivity index (χ1n) is 11.0. The topological polar surface area (TPSA) is 101 Å². The number of nitrogens with zero attached hydrogens (tertiary/aromatic N) is 4. The third-order valence-electron chi connectivity index (χ3n) is 5.07. The van der Waals surface area contributed by atoms with Gasteiger partial charge in [-0.15, -0.1) is 10.2 Å². The molecule has 1 aromatic carbocycles. The smallest absolute Gasteiger partial charge is 0.253 e. The molecule has 3 heterocycles. The van der Waals surface area contributed by atoms with Crippen LogP contribution in [-0.4, -0.2) is 64.9 Å². The molecule has 2 aromatic heterocycles. The van der Waals surface area contributed by atoms with Crippen LogP contribution in [0.5, 0.6) is 5.75 Å². The number of carbonyl (C=O) groups excluding carboxylic acids is 2. The van der Waals surface area contributed by atoms with E-state index in [9.17, 15) is 9.59 Å². The van der Waals surface area contributed by atoms with Crippen molar-refractivity contribution < 1.29 is 18.7 Å². The van der Waals surface area contributed by atoms with Crippen LogP contribution in [0.15, 0.2) is 51.4 Å². The van der Waals surface area contributed by atoms with Crippen LogP contribution in [0, 0.1) is 0 Å². The van der Waals surface area contributed by atoms with Gasteiger partial charge in [0.25, 0.3) is 5.91 Å². The minimum absolute atomic E-state index is 0.0183. The minimum Gasteiger partial charge on any atom is -0.491 e. The molecule has 0 spiro atoms. The van der Waals surface area contributed by atoms with E-state index in [4.69, 9.17) is 9.15 Å². The summed E-state index contributed by atoms with van der Waals surface area (Å²) in [7, 11) is 0. The highest BCUT2D eigenvalue weighted by molar-refractivity contribution is 8.01. The third-order valence-corrected chi connectivity index (χ3v) is 7.19. The summed E-state index contributed by atoms with van der Waals surface area (Å²) in [5.74, 6) is 1.67. The summed E-state index contributed by atoms with van der Waals surface area (Å²) in [6, 6.07) is 10.9. The van der Waals surface area contributed by atoms with Gasteiger partial charge in [0.15, 0.2) is 4.34 Å². The van der Waals surface area contributed by atoms with Gasteiger partial charge in [-0.05, 0) is 50.2 Å². The van der Waals surface area contributed by atoms with Gasteiger partial charge >= 0.3 is 0 Å². The molecule has 2 amide bonds. The minimum atomic E-state index is -0.0888. The summed E-state index contributed by atoms with van der Waals surface area (Å²) in [5.41, 5.74) is 0.657. The van der Waals surface area contributed by atoms with E-state index < -0.39 is 0 Å². The van der Waals surface area contributed by atoms with E-state index in [1.807, 2.05) is 49.1 Å². The van der Waals surface area contributed by atoms with Crippen molar-refractivity contribution in [2.75, 3.05) is 36.8 Å². The van der Waals surface area contributed by atoms with E-state index in [1.165, 1.54) is 23.1 Å². The number of amides is 2. The van der Waals surface area contributed by atoms with Gasteiger partial charge in [-0.25, -0.2) is 0 Å². The first kappa shape index (κ1) is 24.1. The van der Waals surface area contributed by atoms with Crippen LogP contribution in [-0.2, 0) is 11.3 Å². The van der Waals surface area contributed by atoms with E-state index in [1.54, 1.807) is 12.3 Å². The molecule has 0 unspecified atom stereocenters. The molecule has 0 bridgehead atoms. The number of nitrogens with one attached hydrogen (secondary N) is 1. The second kappa shape index (κ2) is 11.4. The Bertz CT molecular complexity index is 1080. The highest BCUT2D eigenvalue weighted by Gasteiger charge is 2.24. The van der Waals surface area contributed by atoms with Crippen LogP contribution in [0.2, 0.25) is 0 Å². The van der Waals surface area contributed by atoms with Crippen molar-refractivity contribution in [2.45, 2.75) is 30.8 Å². The van der Waals surface area contributed by atoms with Gasteiger partial charge in [0.2, 0.25) is 11.0 Å². The maximum absolute atomic E-state index is 12.9. The molecule has 0 aliphatic carbocycles. The molecule has 180 valence electrons. The molecule has 1 aliphatic rings. The Labute approximate surface area is 206 Å². The summed E-state index contributed by atoms with van der Waals surface area (Å²) in [6.07, 6.45) is 1.67. The molecule has 9 nitrogen and oxygen atoms in total. The van der Waals surface area contributed by atoms with Gasteiger partial charge in [-0.2, -0.15) is 0 Å². The van der Waals surface area contributed by atoms with Crippen molar-refractivity contribution >= 4 is 40.0 Å². The van der Waals surface area contributed by atoms with Crippen molar-refractivity contribution in [3.63, 3.8) is 0 Å². The Hall–Kier alpha value is -3.05. The predicted molar refractivity (Wildman–Crippen MR) is 132 cm³/mol. The number of rotatable bonds is 9. The van der Waals surface area contributed by atoms with Crippen LogP contribution >= 0.6 is 23.1 Å². The molecule has 1 aliphatic heterocycles. The van der Waals surface area contributed by atoms with Crippen molar-refractivity contribution in [1.82, 2.24) is 20.4 Å². The molecule has 11 heteroatoms. The fourth-order valence-corrected chi connectivity index (χ4v) is 5.12. The zero-order valence-corrected chi connectivity index (χ0v) is 20.7.